The number of carbonyl (C=O) groups excluding carboxylic acids is 1. The number of nitrogens with zero attached hydrogens (tertiary/aromatic N) is 3. The number of furan rings is 1. The van der Waals surface area contributed by atoms with Crippen LogP contribution in [0.5, 0.6) is 5.75 Å². The fourth-order valence-electron chi connectivity index (χ4n) is 4.24. The largest absolute Gasteiger partial charge is 0.497 e. The third-order valence-electron chi connectivity index (χ3n) is 5.92. The molecular formula is C25H20N4O3S. The van der Waals surface area contributed by atoms with E-state index in [1.807, 2.05) is 65.0 Å². The molecule has 6 rings (SSSR count). The zero-order valence-electron chi connectivity index (χ0n) is 17.8. The molecule has 0 bridgehead atoms. The molecule has 164 valence electrons. The van der Waals surface area contributed by atoms with Gasteiger partial charge in [0.1, 0.15) is 17.6 Å². The maximum atomic E-state index is 11.7. The second-order valence-electron chi connectivity index (χ2n) is 7.97. The van der Waals surface area contributed by atoms with Gasteiger partial charge in [-0.05, 0) is 59.7 Å². The van der Waals surface area contributed by atoms with Gasteiger partial charge in [0.15, 0.2) is 0 Å². The lowest BCUT2D eigenvalue weighted by molar-refractivity contribution is -0.115. The number of aromatic nitrogens is 1. The van der Waals surface area contributed by atoms with Crippen molar-refractivity contribution in [3.63, 3.8) is 0 Å². The second kappa shape index (κ2) is 7.90. The van der Waals surface area contributed by atoms with Crippen LogP contribution in [0.15, 0.2) is 75.8 Å². The highest BCUT2D eigenvalue weighted by molar-refractivity contribution is 7.14. The van der Waals surface area contributed by atoms with E-state index in [1.165, 1.54) is 0 Å². The third kappa shape index (κ3) is 3.58. The average molecular weight is 457 g/mol. The fraction of sp³-hybridized carbons (Fsp3) is 0.160. The summed E-state index contributed by atoms with van der Waals surface area (Å²) in [5.41, 5.74) is 5.75. The first-order chi connectivity index (χ1) is 16.2. The van der Waals surface area contributed by atoms with Gasteiger partial charge in [-0.15, -0.1) is 11.3 Å². The first kappa shape index (κ1) is 19.8. The Bertz CT molecular complexity index is 1360. The van der Waals surface area contributed by atoms with E-state index in [4.69, 9.17) is 19.2 Å². The van der Waals surface area contributed by atoms with Crippen molar-refractivity contribution in [2.45, 2.75) is 18.9 Å². The third-order valence-corrected chi connectivity index (χ3v) is 6.75. The number of thiazole rings is 1. The molecule has 1 atom stereocenters. The van der Waals surface area contributed by atoms with Crippen molar-refractivity contribution in [1.29, 1.82) is 0 Å². The summed E-state index contributed by atoms with van der Waals surface area (Å²) in [6.45, 7) is 0. The van der Waals surface area contributed by atoms with Crippen LogP contribution in [0.2, 0.25) is 0 Å². The van der Waals surface area contributed by atoms with Crippen LogP contribution in [0.1, 0.15) is 29.3 Å². The van der Waals surface area contributed by atoms with Gasteiger partial charge < -0.3 is 14.5 Å². The van der Waals surface area contributed by atoms with Crippen molar-refractivity contribution < 1.29 is 13.9 Å². The molecule has 0 fully saturated rings. The molecule has 1 amide bonds. The predicted molar refractivity (Wildman–Crippen MR) is 128 cm³/mol. The van der Waals surface area contributed by atoms with Gasteiger partial charge in [-0.3, -0.25) is 4.79 Å². The van der Waals surface area contributed by atoms with Crippen LogP contribution in [0.3, 0.4) is 0 Å². The van der Waals surface area contributed by atoms with Crippen molar-refractivity contribution in [2.75, 3.05) is 17.4 Å². The molecule has 33 heavy (non-hydrogen) atoms. The predicted octanol–water partition coefficient (Wildman–Crippen LogP) is 5.26. The van der Waals surface area contributed by atoms with E-state index in [0.717, 1.165) is 50.4 Å². The summed E-state index contributed by atoms with van der Waals surface area (Å²) in [5, 5.41) is 12.6. The fourth-order valence-corrected chi connectivity index (χ4v) is 5.07. The number of hydrogen-bond donors (Lipinski definition) is 1. The van der Waals surface area contributed by atoms with Crippen LogP contribution in [-0.2, 0) is 11.2 Å². The Labute approximate surface area is 194 Å². The number of hydrazone groups is 1. The Hall–Kier alpha value is -3.91. The minimum atomic E-state index is -0.0713. The van der Waals surface area contributed by atoms with Gasteiger partial charge in [0.25, 0.3) is 0 Å². The SMILES string of the molecule is COc1ccc(C2=NN(c3nc(-c4ccc5c(c4)CC(=O)N5)cs3)[C@H](c3ccco3)C2)cc1. The maximum Gasteiger partial charge on any atom is 0.228 e. The van der Waals surface area contributed by atoms with Crippen LogP contribution in [-0.4, -0.2) is 23.7 Å². The standard InChI is InChI=1S/C25H20N4O3S/c1-31-18-7-4-15(5-8-18)20-13-22(23-3-2-10-32-23)29(28-20)25-27-21(14-33-25)16-6-9-19-17(11-16)12-24(30)26-19/h2-11,14,22H,12-13H2,1H3,(H,26,30)/t22-/m0/s1. The quantitative estimate of drug-likeness (QED) is 0.443. The number of fused-ring (bicyclic) bond motifs is 1. The van der Waals surface area contributed by atoms with E-state index in [1.54, 1.807) is 24.7 Å². The Morgan fingerprint density at radius 2 is 2.00 bits per heavy atom. The molecule has 4 aromatic rings. The highest BCUT2D eigenvalue weighted by atomic mass is 32.1. The van der Waals surface area contributed by atoms with Gasteiger partial charge in [-0.1, -0.05) is 6.07 Å². The number of hydrogen-bond acceptors (Lipinski definition) is 7. The summed E-state index contributed by atoms with van der Waals surface area (Å²) < 4.78 is 11.0. The number of ether oxygens (including phenoxy) is 1. The monoisotopic (exact) mass is 456 g/mol. The number of nitrogens with one attached hydrogen (secondary N) is 1. The molecule has 7 nitrogen and oxygen atoms in total. The number of amides is 1. The second-order valence-corrected chi connectivity index (χ2v) is 8.80. The Morgan fingerprint density at radius 1 is 1.15 bits per heavy atom. The lowest BCUT2D eigenvalue weighted by atomic mass is 10.0. The summed E-state index contributed by atoms with van der Waals surface area (Å²) in [4.78, 5) is 16.6. The topological polar surface area (TPSA) is 80.0 Å². The molecule has 8 heteroatoms. The zero-order valence-corrected chi connectivity index (χ0v) is 18.6. The van der Waals surface area contributed by atoms with Crippen LogP contribution in [0.25, 0.3) is 11.3 Å². The number of rotatable bonds is 5. The normalized spacial score (nSPS) is 17.1. The summed E-state index contributed by atoms with van der Waals surface area (Å²) >= 11 is 1.54. The van der Waals surface area contributed by atoms with E-state index >= 15 is 0 Å². The smallest absolute Gasteiger partial charge is 0.228 e. The van der Waals surface area contributed by atoms with Gasteiger partial charge in [0.05, 0.1) is 31.2 Å². The lowest BCUT2D eigenvalue weighted by Gasteiger charge is -2.18. The molecule has 0 aliphatic carbocycles. The lowest BCUT2D eigenvalue weighted by Crippen LogP contribution is -2.17. The molecular weight excluding hydrogens is 436 g/mol. The summed E-state index contributed by atoms with van der Waals surface area (Å²) in [7, 11) is 1.66. The Morgan fingerprint density at radius 3 is 2.79 bits per heavy atom. The molecule has 1 N–H and O–H groups in total. The molecule has 2 aromatic heterocycles. The molecule has 0 unspecified atom stereocenters. The van der Waals surface area contributed by atoms with Crippen LogP contribution in [0, 0.1) is 0 Å². The van der Waals surface area contributed by atoms with Crippen LogP contribution < -0.4 is 15.1 Å². The molecule has 2 aromatic carbocycles. The zero-order chi connectivity index (χ0) is 22.4. The van der Waals surface area contributed by atoms with Crippen LogP contribution in [0.4, 0.5) is 10.8 Å². The highest BCUT2D eigenvalue weighted by Gasteiger charge is 2.33. The number of methoxy groups -OCH3 is 1. The van der Waals surface area contributed by atoms with E-state index in [-0.39, 0.29) is 11.9 Å². The number of benzene rings is 2. The minimum absolute atomic E-state index is 0.0277. The molecule has 4 heterocycles. The molecule has 2 aliphatic heterocycles. The van der Waals surface area contributed by atoms with Crippen molar-refractivity contribution in [1.82, 2.24) is 4.98 Å². The Kier molecular flexibility index (Phi) is 4.73. The summed E-state index contributed by atoms with van der Waals surface area (Å²) in [6.07, 6.45) is 2.80. The van der Waals surface area contributed by atoms with E-state index in [9.17, 15) is 4.79 Å². The van der Waals surface area contributed by atoms with E-state index in [0.29, 0.717) is 12.8 Å². The first-order valence-electron chi connectivity index (χ1n) is 10.6. The van der Waals surface area contributed by atoms with Crippen molar-refractivity contribution in [2.24, 2.45) is 5.10 Å². The van der Waals surface area contributed by atoms with Gasteiger partial charge in [0, 0.05) is 23.1 Å². The average Bonchev–Trinajstić information content (AvgIpc) is 3.63. The van der Waals surface area contributed by atoms with Gasteiger partial charge in [-0.2, -0.15) is 5.10 Å². The molecule has 2 aliphatic rings. The molecule has 0 saturated carbocycles. The van der Waals surface area contributed by atoms with Crippen molar-refractivity contribution >= 4 is 33.8 Å². The molecule has 0 saturated heterocycles. The molecule has 0 spiro atoms. The Balaban J connectivity index is 1.34. The van der Waals surface area contributed by atoms with Crippen molar-refractivity contribution in [3.05, 3.63) is 83.1 Å². The van der Waals surface area contributed by atoms with Crippen molar-refractivity contribution in [3.8, 4) is 17.0 Å². The van der Waals surface area contributed by atoms with E-state index in [2.05, 4.69) is 5.32 Å². The minimum Gasteiger partial charge on any atom is -0.497 e. The maximum absolute atomic E-state index is 11.7. The first-order valence-corrected chi connectivity index (χ1v) is 11.5. The van der Waals surface area contributed by atoms with Gasteiger partial charge in [0.2, 0.25) is 11.0 Å². The molecule has 0 radical (unpaired) electrons. The highest BCUT2D eigenvalue weighted by Crippen LogP contribution is 2.40. The number of carbonyl (C=O) groups is 1. The van der Waals surface area contributed by atoms with E-state index < -0.39 is 0 Å². The van der Waals surface area contributed by atoms with Gasteiger partial charge in [-0.25, -0.2) is 9.99 Å². The summed E-state index contributed by atoms with van der Waals surface area (Å²) in [5.74, 6) is 1.69. The number of anilines is 2. The van der Waals surface area contributed by atoms with Gasteiger partial charge >= 0.3 is 0 Å². The summed E-state index contributed by atoms with van der Waals surface area (Å²) in [6, 6.07) is 17.7. The van der Waals surface area contributed by atoms with Crippen LogP contribution >= 0.6 is 11.3 Å².